The van der Waals surface area contributed by atoms with Crippen molar-refractivity contribution in [2.75, 3.05) is 11.9 Å². The molecule has 0 aliphatic carbocycles. The van der Waals surface area contributed by atoms with E-state index < -0.39 is 5.91 Å². The third kappa shape index (κ3) is 6.16. The maximum atomic E-state index is 12.6. The van der Waals surface area contributed by atoms with E-state index in [0.717, 1.165) is 5.56 Å². The van der Waals surface area contributed by atoms with E-state index in [4.69, 9.17) is 9.47 Å². The van der Waals surface area contributed by atoms with E-state index in [1.807, 2.05) is 25.1 Å². The van der Waals surface area contributed by atoms with E-state index in [-0.39, 0.29) is 17.9 Å². The van der Waals surface area contributed by atoms with Crippen LogP contribution in [0.3, 0.4) is 0 Å². The molecule has 0 saturated heterocycles. The molecule has 0 heterocycles. The van der Waals surface area contributed by atoms with Crippen LogP contribution in [-0.2, 0) is 11.4 Å². The number of ether oxygens (including phenoxy) is 2. The summed E-state index contributed by atoms with van der Waals surface area (Å²) in [4.78, 5) is 12.6. The van der Waals surface area contributed by atoms with Crippen molar-refractivity contribution >= 4 is 33.6 Å². The lowest BCUT2D eigenvalue weighted by Crippen LogP contribution is -2.13. The summed E-state index contributed by atoms with van der Waals surface area (Å²) in [5, 5.41) is 30.8. The monoisotopic (exact) mass is 517 g/mol. The first-order valence-electron chi connectivity index (χ1n) is 10.2. The first-order chi connectivity index (χ1) is 16.4. The third-order valence-electron chi connectivity index (χ3n) is 4.64. The van der Waals surface area contributed by atoms with Crippen LogP contribution in [0.1, 0.15) is 23.6 Å². The van der Waals surface area contributed by atoms with Gasteiger partial charge in [-0.3, -0.25) is 4.79 Å². The number of carbonyl (C=O) groups excluding carboxylic acids is 1. The fourth-order valence-corrected chi connectivity index (χ4v) is 3.61. The van der Waals surface area contributed by atoms with E-state index in [0.29, 0.717) is 39.4 Å². The molecule has 0 aromatic heterocycles. The number of carbonyl (C=O) groups is 1. The number of benzene rings is 3. The Bertz CT molecular complexity index is 1310. The Hall–Kier alpha value is -4.27. The molecular weight excluding hydrogens is 498 g/mol. The predicted octanol–water partition coefficient (Wildman–Crippen LogP) is 5.55. The Morgan fingerprint density at radius 3 is 2.53 bits per heavy atom. The highest BCUT2D eigenvalue weighted by atomic mass is 79.9. The maximum absolute atomic E-state index is 12.6. The fourth-order valence-electron chi connectivity index (χ4n) is 3.04. The molecule has 0 aliphatic heterocycles. The molecule has 34 heavy (non-hydrogen) atoms. The molecular formula is C26H20BrN3O4. The number of anilines is 1. The molecule has 0 atom stereocenters. The van der Waals surface area contributed by atoms with Crippen LogP contribution in [-0.4, -0.2) is 17.6 Å². The largest absolute Gasteiger partial charge is 0.508 e. The van der Waals surface area contributed by atoms with Gasteiger partial charge in [-0.2, -0.15) is 10.5 Å². The van der Waals surface area contributed by atoms with Crippen LogP contribution < -0.4 is 14.8 Å². The highest BCUT2D eigenvalue weighted by molar-refractivity contribution is 9.10. The molecule has 0 saturated carbocycles. The zero-order chi connectivity index (χ0) is 24.5. The number of phenols is 1. The number of hydrogen-bond donors (Lipinski definition) is 2. The van der Waals surface area contributed by atoms with E-state index >= 15 is 0 Å². The number of nitriles is 2. The van der Waals surface area contributed by atoms with Gasteiger partial charge in [-0.05, 0) is 77.0 Å². The number of rotatable bonds is 8. The first kappa shape index (κ1) is 24.4. The summed E-state index contributed by atoms with van der Waals surface area (Å²) in [6.07, 6.45) is 1.44. The number of hydrogen-bond acceptors (Lipinski definition) is 6. The zero-order valence-corrected chi connectivity index (χ0v) is 19.8. The van der Waals surface area contributed by atoms with Crippen molar-refractivity contribution in [3.63, 3.8) is 0 Å². The summed E-state index contributed by atoms with van der Waals surface area (Å²) in [6.45, 7) is 2.37. The van der Waals surface area contributed by atoms with Gasteiger partial charge in [0.1, 0.15) is 24.0 Å². The van der Waals surface area contributed by atoms with Crippen LogP contribution in [0, 0.1) is 22.7 Å². The Morgan fingerprint density at radius 1 is 1.12 bits per heavy atom. The minimum atomic E-state index is -0.587. The Labute approximate surface area is 205 Å². The Balaban J connectivity index is 1.86. The number of nitrogens with zero attached hydrogens (tertiary/aromatic N) is 2. The van der Waals surface area contributed by atoms with Crippen molar-refractivity contribution in [2.24, 2.45) is 0 Å². The maximum Gasteiger partial charge on any atom is 0.266 e. The molecule has 2 N–H and O–H groups in total. The SMILES string of the molecule is CCOc1cc(/C=C(\C#N)C(=O)Nc2ccc(O)cc2)cc(Br)c1OCc1ccccc1C#N. The highest BCUT2D eigenvalue weighted by Crippen LogP contribution is 2.38. The normalized spacial score (nSPS) is 10.6. The molecule has 7 nitrogen and oxygen atoms in total. The van der Waals surface area contributed by atoms with Gasteiger partial charge >= 0.3 is 0 Å². The van der Waals surface area contributed by atoms with Gasteiger partial charge in [0.15, 0.2) is 11.5 Å². The lowest BCUT2D eigenvalue weighted by molar-refractivity contribution is -0.112. The summed E-state index contributed by atoms with van der Waals surface area (Å²) in [5.74, 6) is 0.351. The van der Waals surface area contributed by atoms with Gasteiger partial charge in [-0.25, -0.2) is 0 Å². The van der Waals surface area contributed by atoms with Crippen LogP contribution in [0.4, 0.5) is 5.69 Å². The van der Waals surface area contributed by atoms with E-state index in [2.05, 4.69) is 27.3 Å². The van der Waals surface area contributed by atoms with Crippen LogP contribution in [0.15, 0.2) is 70.7 Å². The van der Waals surface area contributed by atoms with E-state index in [9.17, 15) is 20.4 Å². The number of halogens is 1. The summed E-state index contributed by atoms with van der Waals surface area (Å²) < 4.78 is 12.3. The van der Waals surface area contributed by atoms with Crippen molar-refractivity contribution in [3.8, 4) is 29.4 Å². The van der Waals surface area contributed by atoms with Gasteiger partial charge in [0, 0.05) is 11.3 Å². The van der Waals surface area contributed by atoms with E-state index in [1.54, 1.807) is 24.3 Å². The second-order valence-electron chi connectivity index (χ2n) is 6.99. The lowest BCUT2D eigenvalue weighted by Gasteiger charge is -2.15. The smallest absolute Gasteiger partial charge is 0.266 e. The molecule has 0 unspecified atom stereocenters. The molecule has 0 fully saturated rings. The second-order valence-corrected chi connectivity index (χ2v) is 7.85. The third-order valence-corrected chi connectivity index (χ3v) is 5.23. The van der Waals surface area contributed by atoms with Gasteiger partial charge in [0.2, 0.25) is 0 Å². The minimum Gasteiger partial charge on any atom is -0.508 e. The number of phenolic OH excluding ortho intramolecular Hbond substituents is 1. The molecule has 3 aromatic carbocycles. The van der Waals surface area contributed by atoms with Crippen LogP contribution in [0.2, 0.25) is 0 Å². The molecule has 1 amide bonds. The van der Waals surface area contributed by atoms with E-state index in [1.165, 1.54) is 30.3 Å². The van der Waals surface area contributed by atoms with Crippen LogP contribution in [0.25, 0.3) is 6.08 Å². The van der Waals surface area contributed by atoms with Crippen molar-refractivity contribution < 1.29 is 19.4 Å². The molecule has 170 valence electrons. The van der Waals surface area contributed by atoms with Gasteiger partial charge in [-0.1, -0.05) is 18.2 Å². The second kappa shape index (κ2) is 11.6. The topological polar surface area (TPSA) is 115 Å². The van der Waals surface area contributed by atoms with Gasteiger partial charge in [-0.15, -0.1) is 0 Å². The number of amides is 1. The summed E-state index contributed by atoms with van der Waals surface area (Å²) in [5.41, 5.74) is 2.15. The molecule has 0 spiro atoms. The predicted molar refractivity (Wildman–Crippen MR) is 131 cm³/mol. The van der Waals surface area contributed by atoms with Gasteiger partial charge in [0.25, 0.3) is 5.91 Å². The fraction of sp³-hybridized carbons (Fsp3) is 0.115. The average molecular weight is 518 g/mol. The quantitative estimate of drug-likeness (QED) is 0.230. The highest BCUT2D eigenvalue weighted by Gasteiger charge is 2.15. The van der Waals surface area contributed by atoms with Gasteiger partial charge in [0.05, 0.1) is 22.7 Å². The molecule has 0 bridgehead atoms. The summed E-state index contributed by atoms with van der Waals surface area (Å²) in [7, 11) is 0. The standard InChI is InChI=1S/C26H20BrN3O4/c1-2-33-24-13-17(11-20(15-29)26(32)30-21-7-9-22(31)10-8-21)12-23(27)25(24)34-16-19-6-4-3-5-18(19)14-28/h3-13,31H,2,16H2,1H3,(H,30,32)/b20-11+. The molecule has 0 radical (unpaired) electrons. The van der Waals surface area contributed by atoms with Gasteiger partial charge < -0.3 is 19.9 Å². The van der Waals surface area contributed by atoms with Crippen LogP contribution in [0.5, 0.6) is 17.2 Å². The van der Waals surface area contributed by atoms with Crippen molar-refractivity contribution in [1.29, 1.82) is 10.5 Å². The van der Waals surface area contributed by atoms with Crippen molar-refractivity contribution in [1.82, 2.24) is 0 Å². The van der Waals surface area contributed by atoms with Crippen LogP contribution >= 0.6 is 15.9 Å². The van der Waals surface area contributed by atoms with Crippen molar-refractivity contribution in [3.05, 3.63) is 87.4 Å². The lowest BCUT2D eigenvalue weighted by atomic mass is 10.1. The summed E-state index contributed by atoms with van der Waals surface area (Å²) >= 11 is 3.48. The number of nitrogens with one attached hydrogen (secondary N) is 1. The minimum absolute atomic E-state index is 0.0702. The van der Waals surface area contributed by atoms with Crippen molar-refractivity contribution in [2.45, 2.75) is 13.5 Å². The Morgan fingerprint density at radius 2 is 1.85 bits per heavy atom. The molecule has 3 rings (SSSR count). The average Bonchev–Trinajstić information content (AvgIpc) is 2.83. The molecule has 0 aliphatic rings. The summed E-state index contributed by atoms with van der Waals surface area (Å²) in [6, 6.07) is 20.5. The molecule has 3 aromatic rings. The Kier molecular flexibility index (Phi) is 8.28. The number of aromatic hydroxyl groups is 1. The first-order valence-corrected chi connectivity index (χ1v) is 11.0. The zero-order valence-electron chi connectivity index (χ0n) is 18.2. The molecule has 8 heteroatoms.